The van der Waals surface area contributed by atoms with Crippen LogP contribution in [0.5, 0.6) is 0 Å². The number of aliphatic hydroxyl groups is 2. The van der Waals surface area contributed by atoms with E-state index in [9.17, 15) is 19.8 Å². The Morgan fingerprint density at radius 3 is 2.53 bits per heavy atom. The van der Waals surface area contributed by atoms with E-state index in [1.807, 2.05) is 0 Å². The van der Waals surface area contributed by atoms with Crippen LogP contribution in [0.4, 0.5) is 0 Å². The molecular formula is C12H13BrO5S. The van der Waals surface area contributed by atoms with Crippen LogP contribution in [0.2, 0.25) is 0 Å². The number of hydrogen-bond acceptors (Lipinski definition) is 5. The van der Waals surface area contributed by atoms with E-state index in [1.165, 1.54) is 19.1 Å². The molecule has 104 valence electrons. The van der Waals surface area contributed by atoms with Crippen molar-refractivity contribution in [1.29, 1.82) is 0 Å². The SMILES string of the molecule is CC(=O)SCC(O)C(O)c1ccc(Br)cc1C(=O)O. The fourth-order valence-electron chi connectivity index (χ4n) is 1.47. The van der Waals surface area contributed by atoms with Crippen molar-refractivity contribution < 1.29 is 24.9 Å². The molecule has 0 aromatic heterocycles. The molecular weight excluding hydrogens is 336 g/mol. The lowest BCUT2D eigenvalue weighted by Gasteiger charge is -2.19. The Labute approximate surface area is 122 Å². The molecule has 0 radical (unpaired) electrons. The molecule has 3 N–H and O–H groups in total. The van der Waals surface area contributed by atoms with Crippen molar-refractivity contribution in [1.82, 2.24) is 0 Å². The zero-order valence-corrected chi connectivity index (χ0v) is 12.4. The van der Waals surface area contributed by atoms with Crippen LogP contribution in [-0.2, 0) is 4.79 Å². The van der Waals surface area contributed by atoms with Crippen molar-refractivity contribution in [2.75, 3.05) is 5.75 Å². The molecule has 0 saturated carbocycles. The number of carbonyl (C=O) groups is 2. The second-order valence-corrected chi connectivity index (χ2v) is 5.96. The van der Waals surface area contributed by atoms with Gasteiger partial charge in [0.25, 0.3) is 0 Å². The highest BCUT2D eigenvalue weighted by Crippen LogP contribution is 2.26. The zero-order chi connectivity index (χ0) is 14.6. The van der Waals surface area contributed by atoms with Gasteiger partial charge >= 0.3 is 5.97 Å². The Balaban J connectivity index is 2.95. The predicted octanol–water partition coefficient (Wildman–Crippen LogP) is 1.82. The molecule has 1 aromatic carbocycles. The fourth-order valence-corrected chi connectivity index (χ4v) is 2.42. The molecule has 0 amide bonds. The van der Waals surface area contributed by atoms with Crippen LogP contribution in [-0.4, -0.2) is 38.3 Å². The molecule has 2 atom stereocenters. The predicted molar refractivity (Wildman–Crippen MR) is 75.2 cm³/mol. The highest BCUT2D eigenvalue weighted by Gasteiger charge is 2.24. The van der Waals surface area contributed by atoms with E-state index >= 15 is 0 Å². The number of aliphatic hydroxyl groups excluding tert-OH is 2. The molecule has 1 aromatic rings. The molecule has 19 heavy (non-hydrogen) atoms. The first kappa shape index (κ1) is 16.2. The average Bonchev–Trinajstić information content (AvgIpc) is 2.34. The highest BCUT2D eigenvalue weighted by molar-refractivity contribution is 9.10. The van der Waals surface area contributed by atoms with Gasteiger partial charge in [0, 0.05) is 17.1 Å². The molecule has 0 bridgehead atoms. The summed E-state index contributed by atoms with van der Waals surface area (Å²) in [5.41, 5.74) is 0.0288. The van der Waals surface area contributed by atoms with Gasteiger partial charge in [0.15, 0.2) is 5.12 Å². The topological polar surface area (TPSA) is 94.8 Å². The van der Waals surface area contributed by atoms with Crippen LogP contribution in [0.1, 0.15) is 28.9 Å². The fraction of sp³-hybridized carbons (Fsp3) is 0.333. The van der Waals surface area contributed by atoms with Gasteiger partial charge in [-0.1, -0.05) is 33.8 Å². The summed E-state index contributed by atoms with van der Waals surface area (Å²) in [5, 5.41) is 28.6. The van der Waals surface area contributed by atoms with E-state index in [0.717, 1.165) is 11.8 Å². The van der Waals surface area contributed by atoms with Gasteiger partial charge in [0.2, 0.25) is 0 Å². The van der Waals surface area contributed by atoms with Crippen molar-refractivity contribution in [2.24, 2.45) is 0 Å². The number of thioether (sulfide) groups is 1. The maximum atomic E-state index is 11.1. The first-order valence-electron chi connectivity index (χ1n) is 5.35. The molecule has 0 spiro atoms. The van der Waals surface area contributed by atoms with Gasteiger partial charge in [0.05, 0.1) is 11.7 Å². The Hall–Kier alpha value is -0.890. The number of carbonyl (C=O) groups excluding carboxylic acids is 1. The lowest BCUT2D eigenvalue weighted by atomic mass is 9.99. The third-order valence-electron chi connectivity index (χ3n) is 2.39. The molecule has 0 aliphatic rings. The molecule has 0 fully saturated rings. The molecule has 0 aliphatic carbocycles. The Morgan fingerprint density at radius 2 is 2.00 bits per heavy atom. The van der Waals surface area contributed by atoms with Crippen LogP contribution >= 0.6 is 27.7 Å². The third-order valence-corrected chi connectivity index (χ3v) is 3.79. The number of halogens is 1. The summed E-state index contributed by atoms with van der Waals surface area (Å²) in [6.45, 7) is 1.35. The lowest BCUT2D eigenvalue weighted by Crippen LogP contribution is -2.23. The summed E-state index contributed by atoms with van der Waals surface area (Å²) in [4.78, 5) is 21.9. The largest absolute Gasteiger partial charge is 0.478 e. The molecule has 1 rings (SSSR count). The second-order valence-electron chi connectivity index (χ2n) is 3.85. The van der Waals surface area contributed by atoms with Crippen LogP contribution in [0.25, 0.3) is 0 Å². The number of benzene rings is 1. The molecule has 0 heterocycles. The van der Waals surface area contributed by atoms with Crippen molar-refractivity contribution in [3.63, 3.8) is 0 Å². The van der Waals surface area contributed by atoms with Gasteiger partial charge in [-0.15, -0.1) is 0 Å². The van der Waals surface area contributed by atoms with E-state index < -0.39 is 18.2 Å². The normalized spacial score (nSPS) is 13.9. The number of carboxylic acids is 1. The summed E-state index contributed by atoms with van der Waals surface area (Å²) in [6, 6.07) is 4.36. The maximum absolute atomic E-state index is 11.1. The van der Waals surface area contributed by atoms with Gasteiger partial charge in [-0.3, -0.25) is 4.79 Å². The molecule has 7 heteroatoms. The smallest absolute Gasteiger partial charge is 0.336 e. The van der Waals surface area contributed by atoms with Gasteiger partial charge in [-0.2, -0.15) is 0 Å². The van der Waals surface area contributed by atoms with Crippen molar-refractivity contribution in [3.8, 4) is 0 Å². The van der Waals surface area contributed by atoms with Gasteiger partial charge < -0.3 is 15.3 Å². The van der Waals surface area contributed by atoms with E-state index in [-0.39, 0.29) is 22.0 Å². The standard InChI is InChI=1S/C12H13BrO5S/c1-6(14)19-5-10(15)11(16)8-3-2-7(13)4-9(8)12(17)18/h2-4,10-11,15-16H,5H2,1H3,(H,17,18). The molecule has 5 nitrogen and oxygen atoms in total. The van der Waals surface area contributed by atoms with Gasteiger partial charge in [-0.05, 0) is 17.7 Å². The van der Waals surface area contributed by atoms with Crippen LogP contribution in [0.3, 0.4) is 0 Å². The Kier molecular flexibility index (Phi) is 5.99. The van der Waals surface area contributed by atoms with Crippen LogP contribution < -0.4 is 0 Å². The van der Waals surface area contributed by atoms with Crippen molar-refractivity contribution >= 4 is 38.8 Å². The summed E-state index contributed by atoms with van der Waals surface area (Å²) >= 11 is 4.02. The number of hydrogen-bond donors (Lipinski definition) is 3. The van der Waals surface area contributed by atoms with E-state index in [2.05, 4.69) is 15.9 Å². The van der Waals surface area contributed by atoms with Gasteiger partial charge in [0.1, 0.15) is 6.10 Å². The van der Waals surface area contributed by atoms with Crippen molar-refractivity contribution in [2.45, 2.75) is 19.1 Å². The summed E-state index contributed by atoms with van der Waals surface area (Å²) in [7, 11) is 0. The molecule has 2 unspecified atom stereocenters. The third kappa shape index (κ3) is 4.61. The second kappa shape index (κ2) is 7.04. The van der Waals surface area contributed by atoms with Crippen LogP contribution in [0.15, 0.2) is 22.7 Å². The Bertz CT molecular complexity index is 491. The summed E-state index contributed by atoms with van der Waals surface area (Å²) in [5.74, 6) is -1.19. The Morgan fingerprint density at radius 1 is 1.37 bits per heavy atom. The lowest BCUT2D eigenvalue weighted by molar-refractivity contribution is -0.109. The summed E-state index contributed by atoms with van der Waals surface area (Å²) < 4.78 is 0.563. The molecule has 0 saturated heterocycles. The first-order chi connectivity index (χ1) is 8.82. The minimum Gasteiger partial charge on any atom is -0.478 e. The number of aromatic carboxylic acids is 1. The van der Waals surface area contributed by atoms with E-state index in [0.29, 0.717) is 4.47 Å². The molecule has 0 aliphatic heterocycles. The number of rotatable bonds is 5. The number of carboxylic acid groups (broad SMARTS) is 1. The van der Waals surface area contributed by atoms with Crippen molar-refractivity contribution in [3.05, 3.63) is 33.8 Å². The van der Waals surface area contributed by atoms with E-state index in [4.69, 9.17) is 5.11 Å². The van der Waals surface area contributed by atoms with E-state index in [1.54, 1.807) is 6.07 Å². The minimum atomic E-state index is -1.36. The minimum absolute atomic E-state index is 0.00558. The van der Waals surface area contributed by atoms with Gasteiger partial charge in [-0.25, -0.2) is 4.79 Å². The quantitative estimate of drug-likeness (QED) is 0.751. The first-order valence-corrected chi connectivity index (χ1v) is 7.13. The average molecular weight is 349 g/mol. The maximum Gasteiger partial charge on any atom is 0.336 e. The van der Waals surface area contributed by atoms with Crippen LogP contribution in [0, 0.1) is 0 Å². The monoisotopic (exact) mass is 348 g/mol. The zero-order valence-electron chi connectivity index (χ0n) is 10.0. The summed E-state index contributed by atoms with van der Waals surface area (Å²) in [6.07, 6.45) is -2.57. The highest BCUT2D eigenvalue weighted by atomic mass is 79.9.